The lowest BCUT2D eigenvalue weighted by atomic mass is 9.52. The standard InChI is InChI=1S/C62H41N/c1-3-17-42(18-4-1)44-31-35-46(36-32-44)63(47-37-33-45(34-38-47)43-19-5-2-6-20-43)48-39-40-59-60(41-48)62(55-27-13-9-23-51(55)52-24-10-14-28-56(52)62)58-30-16-15-29-57(58)61(59)53-25-11-7-21-49(53)50-22-8-12-26-54(50)61/h1-41H. The molecule has 0 radical (unpaired) electrons. The number of rotatable bonds is 5. The summed E-state index contributed by atoms with van der Waals surface area (Å²) in [6, 6.07) is 92.8. The van der Waals surface area contributed by atoms with Crippen molar-refractivity contribution < 1.29 is 0 Å². The molecule has 0 aromatic heterocycles. The molecular weight excluding hydrogens is 759 g/mol. The predicted molar refractivity (Wildman–Crippen MR) is 260 cm³/mol. The summed E-state index contributed by atoms with van der Waals surface area (Å²) in [5.41, 5.74) is 22.9. The summed E-state index contributed by atoms with van der Waals surface area (Å²) < 4.78 is 0. The first kappa shape index (κ1) is 35.7. The van der Waals surface area contributed by atoms with Crippen LogP contribution in [-0.4, -0.2) is 0 Å². The first-order valence-electron chi connectivity index (χ1n) is 22.0. The van der Waals surface area contributed by atoms with Crippen molar-refractivity contribution in [1.82, 2.24) is 0 Å². The first-order valence-corrected chi connectivity index (χ1v) is 22.0. The molecule has 1 nitrogen and oxygen atoms in total. The van der Waals surface area contributed by atoms with Gasteiger partial charge >= 0.3 is 0 Å². The Labute approximate surface area is 368 Å². The molecule has 3 aliphatic carbocycles. The summed E-state index contributed by atoms with van der Waals surface area (Å²) in [4.78, 5) is 2.45. The summed E-state index contributed by atoms with van der Waals surface area (Å²) in [5, 5.41) is 0. The van der Waals surface area contributed by atoms with E-state index in [1.807, 2.05) is 0 Å². The monoisotopic (exact) mass is 799 g/mol. The van der Waals surface area contributed by atoms with Gasteiger partial charge in [-0.3, -0.25) is 0 Å². The minimum atomic E-state index is -0.577. The highest BCUT2D eigenvalue weighted by Crippen LogP contribution is 2.67. The Bertz CT molecular complexity index is 3210. The molecule has 0 heterocycles. The van der Waals surface area contributed by atoms with Crippen LogP contribution in [0.4, 0.5) is 17.1 Å². The number of benzene rings is 10. The molecule has 10 aromatic carbocycles. The molecule has 63 heavy (non-hydrogen) atoms. The number of nitrogens with zero attached hydrogens (tertiary/aromatic N) is 1. The van der Waals surface area contributed by atoms with Gasteiger partial charge < -0.3 is 4.90 Å². The highest BCUT2D eigenvalue weighted by atomic mass is 15.1. The van der Waals surface area contributed by atoms with Gasteiger partial charge in [-0.1, -0.05) is 212 Å². The summed E-state index contributed by atoms with van der Waals surface area (Å²) in [5.74, 6) is 0. The van der Waals surface area contributed by atoms with Crippen molar-refractivity contribution in [1.29, 1.82) is 0 Å². The van der Waals surface area contributed by atoms with Gasteiger partial charge in [-0.15, -0.1) is 0 Å². The Kier molecular flexibility index (Phi) is 7.80. The molecule has 2 spiro atoms. The zero-order chi connectivity index (χ0) is 41.5. The highest BCUT2D eigenvalue weighted by molar-refractivity contribution is 5.94. The van der Waals surface area contributed by atoms with E-state index in [2.05, 4.69) is 254 Å². The predicted octanol–water partition coefficient (Wildman–Crippen LogP) is 15.5. The van der Waals surface area contributed by atoms with Crippen LogP contribution in [0.5, 0.6) is 0 Å². The van der Waals surface area contributed by atoms with Crippen LogP contribution in [-0.2, 0) is 10.8 Å². The van der Waals surface area contributed by atoms with E-state index in [1.54, 1.807) is 0 Å². The molecule has 0 bridgehead atoms. The van der Waals surface area contributed by atoms with Crippen molar-refractivity contribution in [2.24, 2.45) is 0 Å². The number of hydrogen-bond donors (Lipinski definition) is 0. The van der Waals surface area contributed by atoms with Gasteiger partial charge in [-0.25, -0.2) is 0 Å². The van der Waals surface area contributed by atoms with E-state index < -0.39 is 10.8 Å². The van der Waals surface area contributed by atoms with Gasteiger partial charge in [0.05, 0.1) is 10.8 Å². The SMILES string of the molecule is c1ccc(-c2ccc(N(c3ccc(-c4ccccc4)cc3)c3ccc4c(c3)C3(c5ccccc5-c5ccccc53)c3ccccc3C43c4ccccc4-c4ccccc43)cc2)cc1. The molecule has 3 aliphatic rings. The van der Waals surface area contributed by atoms with Crippen molar-refractivity contribution in [2.75, 3.05) is 4.90 Å². The van der Waals surface area contributed by atoms with Crippen molar-refractivity contribution >= 4 is 17.1 Å². The van der Waals surface area contributed by atoms with Gasteiger partial charge in [0.25, 0.3) is 0 Å². The van der Waals surface area contributed by atoms with Gasteiger partial charge in [0.2, 0.25) is 0 Å². The Hall–Kier alpha value is -8.00. The maximum absolute atomic E-state index is 2.55. The van der Waals surface area contributed by atoms with Crippen LogP contribution in [0.3, 0.4) is 0 Å². The Morgan fingerprint density at radius 1 is 0.206 bits per heavy atom. The second kappa shape index (κ2) is 13.8. The lowest BCUT2D eigenvalue weighted by Crippen LogP contribution is -2.43. The van der Waals surface area contributed by atoms with Crippen LogP contribution >= 0.6 is 0 Å². The molecule has 13 rings (SSSR count). The number of fused-ring (bicyclic) bond motifs is 16. The van der Waals surface area contributed by atoms with E-state index in [1.165, 1.54) is 89.0 Å². The third-order valence-electron chi connectivity index (χ3n) is 14.2. The van der Waals surface area contributed by atoms with Crippen LogP contribution in [0.25, 0.3) is 44.5 Å². The van der Waals surface area contributed by atoms with Gasteiger partial charge in [0.15, 0.2) is 0 Å². The molecule has 0 saturated carbocycles. The molecule has 0 saturated heterocycles. The van der Waals surface area contributed by atoms with Crippen molar-refractivity contribution in [3.8, 4) is 44.5 Å². The molecule has 10 aromatic rings. The van der Waals surface area contributed by atoms with E-state index >= 15 is 0 Å². The second-order valence-corrected chi connectivity index (χ2v) is 17.1. The van der Waals surface area contributed by atoms with E-state index in [0.29, 0.717) is 0 Å². The maximum Gasteiger partial charge on any atom is 0.0720 e. The third kappa shape index (κ3) is 4.94. The van der Waals surface area contributed by atoms with Crippen LogP contribution in [0.15, 0.2) is 249 Å². The van der Waals surface area contributed by atoms with Crippen LogP contribution in [0, 0.1) is 0 Å². The minimum Gasteiger partial charge on any atom is -0.310 e. The topological polar surface area (TPSA) is 3.24 Å². The molecule has 0 aliphatic heterocycles. The van der Waals surface area contributed by atoms with Gasteiger partial charge in [0, 0.05) is 17.1 Å². The smallest absolute Gasteiger partial charge is 0.0720 e. The molecule has 294 valence electrons. The first-order chi connectivity index (χ1) is 31.3. The normalized spacial score (nSPS) is 14.0. The number of anilines is 3. The molecule has 0 amide bonds. The average molecular weight is 800 g/mol. The van der Waals surface area contributed by atoms with Crippen molar-refractivity contribution in [3.63, 3.8) is 0 Å². The fourth-order valence-electron chi connectivity index (χ4n) is 11.7. The third-order valence-corrected chi connectivity index (χ3v) is 14.2. The second-order valence-electron chi connectivity index (χ2n) is 17.1. The number of hydrogen-bond acceptors (Lipinski definition) is 1. The summed E-state index contributed by atoms with van der Waals surface area (Å²) in [6.07, 6.45) is 0. The van der Waals surface area contributed by atoms with E-state index in [-0.39, 0.29) is 0 Å². The van der Waals surface area contributed by atoms with Crippen LogP contribution in [0.1, 0.15) is 44.5 Å². The summed E-state index contributed by atoms with van der Waals surface area (Å²) in [6.45, 7) is 0. The Morgan fingerprint density at radius 2 is 0.492 bits per heavy atom. The fraction of sp³-hybridized carbons (Fsp3) is 0.0323. The minimum absolute atomic E-state index is 0.533. The van der Waals surface area contributed by atoms with E-state index in [0.717, 1.165) is 17.1 Å². The molecular formula is C62H41N. The highest BCUT2D eigenvalue weighted by Gasteiger charge is 2.59. The fourth-order valence-corrected chi connectivity index (χ4v) is 11.7. The average Bonchev–Trinajstić information content (AvgIpc) is 3.83. The molecule has 0 fully saturated rings. The Morgan fingerprint density at radius 3 is 0.889 bits per heavy atom. The van der Waals surface area contributed by atoms with Crippen LogP contribution in [0.2, 0.25) is 0 Å². The molecule has 0 unspecified atom stereocenters. The lowest BCUT2D eigenvalue weighted by molar-refractivity contribution is 0.633. The van der Waals surface area contributed by atoms with Crippen molar-refractivity contribution in [2.45, 2.75) is 10.8 Å². The zero-order valence-electron chi connectivity index (χ0n) is 34.6. The lowest BCUT2D eigenvalue weighted by Gasteiger charge is -2.49. The molecule has 1 heteroatoms. The van der Waals surface area contributed by atoms with Gasteiger partial charge in [-0.05, 0) is 125 Å². The molecule has 0 atom stereocenters. The summed E-state index contributed by atoms with van der Waals surface area (Å²) in [7, 11) is 0. The largest absolute Gasteiger partial charge is 0.310 e. The quantitative estimate of drug-likeness (QED) is 0.168. The Balaban J connectivity index is 1.12. The molecule has 0 N–H and O–H groups in total. The van der Waals surface area contributed by atoms with Gasteiger partial charge in [0.1, 0.15) is 0 Å². The van der Waals surface area contributed by atoms with Crippen LogP contribution < -0.4 is 4.90 Å². The maximum atomic E-state index is 2.55. The summed E-state index contributed by atoms with van der Waals surface area (Å²) >= 11 is 0. The zero-order valence-corrected chi connectivity index (χ0v) is 34.6. The van der Waals surface area contributed by atoms with Crippen molar-refractivity contribution in [3.05, 3.63) is 293 Å². The van der Waals surface area contributed by atoms with Gasteiger partial charge in [-0.2, -0.15) is 0 Å². The van der Waals surface area contributed by atoms with E-state index in [4.69, 9.17) is 0 Å². The van der Waals surface area contributed by atoms with E-state index in [9.17, 15) is 0 Å².